The maximum atomic E-state index is 12.9. The van der Waals surface area contributed by atoms with E-state index >= 15 is 0 Å². The van der Waals surface area contributed by atoms with Crippen LogP contribution in [0, 0.1) is 30.6 Å². The predicted octanol–water partition coefficient (Wildman–Crippen LogP) is 6.38. The summed E-state index contributed by atoms with van der Waals surface area (Å²) in [4.78, 5) is 2.84. The first-order chi connectivity index (χ1) is 16.3. The molecule has 1 aromatic rings. The lowest BCUT2D eigenvalue weighted by molar-refractivity contribution is 0.176. The number of hydrogen-bond donors (Lipinski definition) is 1. The molecule has 5 atom stereocenters. The van der Waals surface area contributed by atoms with Gasteiger partial charge in [0.1, 0.15) is 0 Å². The van der Waals surface area contributed by atoms with Gasteiger partial charge < -0.3 is 4.43 Å². The van der Waals surface area contributed by atoms with Gasteiger partial charge in [-0.1, -0.05) is 57.0 Å². The second-order valence-corrected chi connectivity index (χ2v) is 19.8. The number of rotatable bonds is 7. The molecule has 1 aromatic carbocycles. The standard InChI is InChI=1S/C27H42N2O3S2Si/c1-19-11-13-20(14-12-19)34(30,31)29-28-25-17-24-22(21-9-8-10-23(21)25)15-16-27(24,33-5)18-32-35(6,7)26(2,3)4/h11-16,21-24,29H,8-10,17-18H2,1-7H3/b28-25+/t21-,22+,23-,24-,27-/m0/s1. The third-order valence-electron chi connectivity index (χ3n) is 9.10. The Bertz CT molecular complexity index is 1090. The minimum Gasteiger partial charge on any atom is -0.415 e. The third kappa shape index (κ3) is 5.18. The summed E-state index contributed by atoms with van der Waals surface area (Å²) in [6.45, 7) is 14.1. The van der Waals surface area contributed by atoms with E-state index in [9.17, 15) is 8.42 Å². The number of aryl methyl sites for hydroxylation is 1. The topological polar surface area (TPSA) is 67.8 Å². The highest BCUT2D eigenvalue weighted by atomic mass is 32.2. The average Bonchev–Trinajstić information content (AvgIpc) is 3.41. The molecule has 0 aromatic heterocycles. The van der Waals surface area contributed by atoms with E-state index in [1.165, 1.54) is 12.8 Å². The molecule has 0 bridgehead atoms. The Morgan fingerprint density at radius 3 is 2.51 bits per heavy atom. The van der Waals surface area contributed by atoms with Crippen LogP contribution < -0.4 is 4.83 Å². The molecule has 35 heavy (non-hydrogen) atoms. The molecule has 3 aliphatic rings. The van der Waals surface area contributed by atoms with Crippen molar-refractivity contribution in [3.63, 3.8) is 0 Å². The zero-order valence-corrected chi connectivity index (χ0v) is 24.9. The number of fused-ring (bicyclic) bond motifs is 3. The number of sulfonamides is 1. The zero-order valence-electron chi connectivity index (χ0n) is 22.3. The molecule has 2 fully saturated rings. The number of hydrogen-bond acceptors (Lipinski definition) is 5. The summed E-state index contributed by atoms with van der Waals surface area (Å²) in [6, 6.07) is 6.93. The molecule has 2 saturated carbocycles. The van der Waals surface area contributed by atoms with Crippen LogP contribution in [0.1, 0.15) is 52.0 Å². The van der Waals surface area contributed by atoms with Crippen molar-refractivity contribution in [2.45, 2.75) is 81.2 Å². The van der Waals surface area contributed by atoms with Crippen molar-refractivity contribution in [1.82, 2.24) is 4.83 Å². The lowest BCUT2D eigenvalue weighted by Gasteiger charge is -2.46. The van der Waals surface area contributed by atoms with Gasteiger partial charge in [-0.25, -0.2) is 4.83 Å². The quantitative estimate of drug-likeness (QED) is 0.251. The lowest BCUT2D eigenvalue weighted by atomic mass is 9.66. The van der Waals surface area contributed by atoms with Gasteiger partial charge in [-0.05, 0) is 80.5 Å². The van der Waals surface area contributed by atoms with Gasteiger partial charge in [0.25, 0.3) is 10.0 Å². The molecule has 0 amide bonds. The molecule has 1 N–H and O–H groups in total. The van der Waals surface area contributed by atoms with Crippen LogP contribution >= 0.6 is 11.8 Å². The summed E-state index contributed by atoms with van der Waals surface area (Å²) in [5.41, 5.74) is 2.06. The second-order valence-electron chi connectivity index (χ2n) is 12.2. The van der Waals surface area contributed by atoms with E-state index < -0.39 is 18.3 Å². The van der Waals surface area contributed by atoms with E-state index in [1.807, 2.05) is 30.8 Å². The van der Waals surface area contributed by atoms with E-state index in [1.54, 1.807) is 12.1 Å². The van der Waals surface area contributed by atoms with Crippen LogP contribution in [0.5, 0.6) is 0 Å². The SMILES string of the molecule is CS[C@]1(CO[Si](C)(C)C(C)(C)C)C=C[C@@H]2[C@@H]3CCC[C@@H]3/C(=N/NS(=O)(=O)c3ccc(C)cc3)C[C@@H]21. The van der Waals surface area contributed by atoms with Crippen molar-refractivity contribution < 1.29 is 12.8 Å². The molecule has 0 radical (unpaired) electrons. The molecule has 3 aliphatic carbocycles. The van der Waals surface area contributed by atoms with Gasteiger partial charge in [0.2, 0.25) is 0 Å². The Balaban J connectivity index is 1.58. The number of nitrogens with zero attached hydrogens (tertiary/aromatic N) is 1. The van der Waals surface area contributed by atoms with Crippen LogP contribution in [0.15, 0.2) is 46.4 Å². The second kappa shape index (κ2) is 9.65. The Kier molecular flexibility index (Phi) is 7.44. The highest BCUT2D eigenvalue weighted by Crippen LogP contribution is 2.57. The zero-order chi connectivity index (χ0) is 25.6. The summed E-state index contributed by atoms with van der Waals surface area (Å²) in [5.74, 6) is 1.80. The van der Waals surface area contributed by atoms with Gasteiger partial charge >= 0.3 is 0 Å². The van der Waals surface area contributed by atoms with Crippen molar-refractivity contribution >= 4 is 35.8 Å². The van der Waals surface area contributed by atoms with Gasteiger partial charge in [0.05, 0.1) is 16.2 Å². The van der Waals surface area contributed by atoms with Crippen LogP contribution in [0.4, 0.5) is 0 Å². The van der Waals surface area contributed by atoms with E-state index in [2.05, 4.69) is 62.2 Å². The third-order valence-corrected chi connectivity index (χ3v) is 16.1. The van der Waals surface area contributed by atoms with Crippen molar-refractivity contribution in [1.29, 1.82) is 0 Å². The minimum atomic E-state index is -3.68. The van der Waals surface area contributed by atoms with Crippen molar-refractivity contribution in [2.24, 2.45) is 28.8 Å². The molecule has 0 aliphatic heterocycles. The van der Waals surface area contributed by atoms with Crippen molar-refractivity contribution in [3.05, 3.63) is 42.0 Å². The maximum Gasteiger partial charge on any atom is 0.276 e. The van der Waals surface area contributed by atoms with Gasteiger partial charge in [-0.3, -0.25) is 0 Å². The van der Waals surface area contributed by atoms with E-state index in [0.29, 0.717) is 30.3 Å². The van der Waals surface area contributed by atoms with E-state index in [-0.39, 0.29) is 14.7 Å². The van der Waals surface area contributed by atoms with Gasteiger partial charge in [-0.2, -0.15) is 25.3 Å². The number of hydrazone groups is 1. The molecule has 0 saturated heterocycles. The number of allylic oxidation sites excluding steroid dienone is 1. The van der Waals surface area contributed by atoms with Gasteiger partial charge in [0, 0.05) is 11.6 Å². The molecule has 0 unspecified atom stereocenters. The van der Waals surface area contributed by atoms with Crippen LogP contribution in [-0.2, 0) is 14.4 Å². The Morgan fingerprint density at radius 1 is 1.20 bits per heavy atom. The number of thioether (sulfide) groups is 1. The van der Waals surface area contributed by atoms with Crippen molar-refractivity contribution in [3.8, 4) is 0 Å². The monoisotopic (exact) mass is 534 g/mol. The summed E-state index contributed by atoms with van der Waals surface area (Å²) >= 11 is 1.89. The fourth-order valence-corrected chi connectivity index (χ4v) is 8.72. The summed E-state index contributed by atoms with van der Waals surface area (Å²) in [7, 11) is -5.57. The Labute approximate surface area is 217 Å². The van der Waals surface area contributed by atoms with Gasteiger partial charge in [0.15, 0.2) is 8.32 Å². The van der Waals surface area contributed by atoms with Crippen LogP contribution in [0.2, 0.25) is 18.1 Å². The fourth-order valence-electron chi connectivity index (χ4n) is 5.81. The van der Waals surface area contributed by atoms with Crippen LogP contribution in [0.25, 0.3) is 0 Å². The van der Waals surface area contributed by atoms with Gasteiger partial charge in [-0.15, -0.1) is 0 Å². The first kappa shape index (κ1) is 27.0. The highest BCUT2D eigenvalue weighted by molar-refractivity contribution is 8.00. The smallest absolute Gasteiger partial charge is 0.276 e. The molecular weight excluding hydrogens is 493 g/mol. The Hall–Kier alpha value is -1.09. The molecule has 0 spiro atoms. The highest BCUT2D eigenvalue weighted by Gasteiger charge is 2.54. The Morgan fingerprint density at radius 2 is 1.89 bits per heavy atom. The summed E-state index contributed by atoms with van der Waals surface area (Å²) < 4.78 is 32.6. The maximum absolute atomic E-state index is 12.9. The normalized spacial score (nSPS) is 32.0. The van der Waals surface area contributed by atoms with Crippen molar-refractivity contribution in [2.75, 3.05) is 12.9 Å². The molecule has 5 nitrogen and oxygen atoms in total. The van der Waals surface area contributed by atoms with E-state index in [0.717, 1.165) is 24.1 Å². The minimum absolute atomic E-state index is 0.0929. The molecule has 194 valence electrons. The first-order valence-electron chi connectivity index (χ1n) is 12.8. The lowest BCUT2D eigenvalue weighted by Crippen LogP contribution is -2.49. The molecule has 4 rings (SSSR count). The molecule has 0 heterocycles. The number of benzene rings is 1. The fraction of sp³-hybridized carbons (Fsp3) is 0.667. The van der Waals surface area contributed by atoms with Crippen LogP contribution in [-0.4, -0.2) is 40.1 Å². The summed E-state index contributed by atoms with van der Waals surface area (Å²) in [5, 5.41) is 4.78. The number of nitrogens with one attached hydrogen (secondary N) is 1. The average molecular weight is 535 g/mol. The predicted molar refractivity (Wildman–Crippen MR) is 150 cm³/mol. The first-order valence-corrected chi connectivity index (χ1v) is 18.4. The van der Waals surface area contributed by atoms with E-state index in [4.69, 9.17) is 4.43 Å². The summed E-state index contributed by atoms with van der Waals surface area (Å²) in [6.07, 6.45) is 11.3. The largest absolute Gasteiger partial charge is 0.415 e. The molecule has 8 heteroatoms. The molecular formula is C27H42N2O3S2Si. The van der Waals surface area contributed by atoms with Crippen LogP contribution in [0.3, 0.4) is 0 Å².